The Kier molecular flexibility index (Phi) is 6.79. The maximum absolute atomic E-state index is 12.4. The summed E-state index contributed by atoms with van der Waals surface area (Å²) in [6.45, 7) is -1.25. The van der Waals surface area contributed by atoms with Crippen LogP contribution in [0.25, 0.3) is 10.8 Å². The van der Waals surface area contributed by atoms with Crippen LogP contribution in [0.15, 0.2) is 66.7 Å². The Hall–Kier alpha value is -3.55. The Morgan fingerprint density at radius 1 is 0.968 bits per heavy atom. The molecular formula is C23H21F3N2O3. The molecule has 0 fully saturated rings. The van der Waals surface area contributed by atoms with Gasteiger partial charge in [0, 0.05) is 19.2 Å². The van der Waals surface area contributed by atoms with Gasteiger partial charge >= 0.3 is 6.18 Å². The van der Waals surface area contributed by atoms with Gasteiger partial charge in [0.25, 0.3) is 11.8 Å². The molecular weight excluding hydrogens is 409 g/mol. The van der Waals surface area contributed by atoms with Crippen LogP contribution in [0.2, 0.25) is 0 Å². The zero-order valence-corrected chi connectivity index (χ0v) is 16.8. The predicted octanol–water partition coefficient (Wildman–Crippen LogP) is 4.17. The minimum absolute atomic E-state index is 0.113. The number of hydrogen-bond donors (Lipinski definition) is 1. The van der Waals surface area contributed by atoms with Crippen LogP contribution in [-0.2, 0) is 11.3 Å². The molecule has 0 aliphatic heterocycles. The van der Waals surface area contributed by atoms with E-state index in [0.29, 0.717) is 5.75 Å². The van der Waals surface area contributed by atoms with Gasteiger partial charge in [0.05, 0.1) is 0 Å². The second-order valence-corrected chi connectivity index (χ2v) is 7.04. The van der Waals surface area contributed by atoms with E-state index in [4.69, 9.17) is 4.74 Å². The van der Waals surface area contributed by atoms with Crippen LogP contribution in [0.5, 0.6) is 5.75 Å². The van der Waals surface area contributed by atoms with E-state index in [1.54, 1.807) is 25.2 Å². The first-order chi connectivity index (χ1) is 14.7. The molecule has 3 aromatic rings. The van der Waals surface area contributed by atoms with E-state index in [1.807, 2.05) is 41.7 Å². The predicted molar refractivity (Wildman–Crippen MR) is 111 cm³/mol. The molecule has 3 rings (SSSR count). The highest BCUT2D eigenvalue weighted by molar-refractivity contribution is 5.94. The molecule has 2 amide bonds. The van der Waals surface area contributed by atoms with Gasteiger partial charge in [-0.2, -0.15) is 13.2 Å². The highest BCUT2D eigenvalue weighted by Crippen LogP contribution is 2.20. The summed E-state index contributed by atoms with van der Waals surface area (Å²) in [5, 5.41) is 3.91. The van der Waals surface area contributed by atoms with E-state index in [2.05, 4.69) is 0 Å². The monoisotopic (exact) mass is 430 g/mol. The number of fused-ring (bicyclic) bond motifs is 1. The van der Waals surface area contributed by atoms with Gasteiger partial charge in [0.1, 0.15) is 12.3 Å². The SMILES string of the molecule is CN(Cc1ccc(C(=O)NCC(F)(F)F)cc1)C(=O)COc1ccc2ccccc2c1. The third-order valence-electron chi connectivity index (χ3n) is 4.59. The van der Waals surface area contributed by atoms with Gasteiger partial charge in [-0.1, -0.05) is 42.5 Å². The fraction of sp³-hybridized carbons (Fsp3) is 0.217. The largest absolute Gasteiger partial charge is 0.484 e. The summed E-state index contributed by atoms with van der Waals surface area (Å²) in [7, 11) is 1.62. The normalized spacial score (nSPS) is 11.2. The Labute approximate surface area is 177 Å². The maximum Gasteiger partial charge on any atom is 0.405 e. The number of halogens is 3. The van der Waals surface area contributed by atoms with E-state index in [-0.39, 0.29) is 24.6 Å². The molecule has 1 N–H and O–H groups in total. The molecule has 0 saturated heterocycles. The number of carbonyl (C=O) groups is 2. The fourth-order valence-corrected chi connectivity index (χ4v) is 2.92. The summed E-state index contributed by atoms with van der Waals surface area (Å²) in [5.41, 5.74) is 0.843. The quantitative estimate of drug-likeness (QED) is 0.612. The Morgan fingerprint density at radius 3 is 2.32 bits per heavy atom. The summed E-state index contributed by atoms with van der Waals surface area (Å²) >= 11 is 0. The van der Waals surface area contributed by atoms with Crippen molar-refractivity contribution < 1.29 is 27.5 Å². The van der Waals surface area contributed by atoms with Gasteiger partial charge in [-0.05, 0) is 40.6 Å². The van der Waals surface area contributed by atoms with Gasteiger partial charge in [0.15, 0.2) is 6.61 Å². The van der Waals surface area contributed by atoms with Gasteiger partial charge in [0.2, 0.25) is 0 Å². The topological polar surface area (TPSA) is 58.6 Å². The Balaban J connectivity index is 1.51. The molecule has 5 nitrogen and oxygen atoms in total. The number of amides is 2. The third-order valence-corrected chi connectivity index (χ3v) is 4.59. The number of carbonyl (C=O) groups excluding carboxylic acids is 2. The number of ether oxygens (including phenoxy) is 1. The molecule has 0 spiro atoms. The van der Waals surface area contributed by atoms with Crippen LogP contribution in [0.1, 0.15) is 15.9 Å². The molecule has 0 saturated carbocycles. The standard InChI is InChI=1S/C23H21F3N2O3/c1-28(13-16-6-8-18(9-7-16)22(30)27-15-23(24,25)26)21(29)14-31-20-11-10-17-4-2-3-5-19(17)12-20/h2-12H,13-15H2,1H3,(H,27,30). The lowest BCUT2D eigenvalue weighted by molar-refractivity contribution is -0.132. The fourth-order valence-electron chi connectivity index (χ4n) is 2.92. The zero-order chi connectivity index (χ0) is 22.4. The average molecular weight is 430 g/mol. The third kappa shape index (κ3) is 6.47. The average Bonchev–Trinajstić information content (AvgIpc) is 2.75. The highest BCUT2D eigenvalue weighted by Gasteiger charge is 2.27. The van der Waals surface area contributed by atoms with Crippen LogP contribution in [-0.4, -0.2) is 43.1 Å². The molecule has 0 aliphatic carbocycles. The summed E-state index contributed by atoms with van der Waals surface area (Å²) in [5.74, 6) is -0.452. The number of benzene rings is 3. The molecule has 0 radical (unpaired) electrons. The van der Waals surface area contributed by atoms with E-state index >= 15 is 0 Å². The van der Waals surface area contributed by atoms with Crippen LogP contribution < -0.4 is 10.1 Å². The van der Waals surface area contributed by atoms with E-state index in [9.17, 15) is 22.8 Å². The number of rotatable bonds is 7. The van der Waals surface area contributed by atoms with Crippen molar-refractivity contribution in [2.75, 3.05) is 20.2 Å². The van der Waals surface area contributed by atoms with Crippen LogP contribution in [0.3, 0.4) is 0 Å². The first-order valence-electron chi connectivity index (χ1n) is 9.51. The smallest absolute Gasteiger partial charge is 0.405 e. The molecule has 0 heterocycles. The van der Waals surface area contributed by atoms with Crippen molar-refractivity contribution in [3.8, 4) is 5.75 Å². The highest BCUT2D eigenvalue weighted by atomic mass is 19.4. The summed E-state index contributed by atoms with van der Waals surface area (Å²) in [6, 6.07) is 19.4. The molecule has 0 unspecified atom stereocenters. The summed E-state index contributed by atoms with van der Waals surface area (Å²) in [6.07, 6.45) is -4.46. The molecule has 31 heavy (non-hydrogen) atoms. The van der Waals surface area contributed by atoms with Gasteiger partial charge < -0.3 is 15.0 Å². The van der Waals surface area contributed by atoms with Crippen molar-refractivity contribution in [1.29, 1.82) is 0 Å². The lowest BCUT2D eigenvalue weighted by Crippen LogP contribution is -2.33. The lowest BCUT2D eigenvalue weighted by Gasteiger charge is -2.18. The molecule has 162 valence electrons. The molecule has 0 aliphatic rings. The molecule has 8 heteroatoms. The molecule has 0 bridgehead atoms. The van der Waals surface area contributed by atoms with Crippen molar-refractivity contribution in [1.82, 2.24) is 10.2 Å². The van der Waals surface area contributed by atoms with Crippen LogP contribution >= 0.6 is 0 Å². The van der Waals surface area contributed by atoms with Crippen LogP contribution in [0, 0.1) is 0 Å². The van der Waals surface area contributed by atoms with Crippen LogP contribution in [0.4, 0.5) is 13.2 Å². The van der Waals surface area contributed by atoms with E-state index < -0.39 is 18.6 Å². The Bertz CT molecular complexity index is 1070. The van der Waals surface area contributed by atoms with Crippen molar-refractivity contribution in [2.45, 2.75) is 12.7 Å². The number of hydrogen-bond acceptors (Lipinski definition) is 3. The number of alkyl halides is 3. The van der Waals surface area contributed by atoms with Gasteiger partial charge in [-0.15, -0.1) is 0 Å². The Morgan fingerprint density at radius 2 is 1.65 bits per heavy atom. The van der Waals surface area contributed by atoms with Crippen molar-refractivity contribution in [3.63, 3.8) is 0 Å². The summed E-state index contributed by atoms with van der Waals surface area (Å²) in [4.78, 5) is 25.6. The first kappa shape index (κ1) is 22.1. The first-order valence-corrected chi connectivity index (χ1v) is 9.51. The number of likely N-dealkylation sites (N-methyl/N-ethyl adjacent to an activating group) is 1. The van der Waals surface area contributed by atoms with E-state index in [0.717, 1.165) is 16.3 Å². The zero-order valence-electron chi connectivity index (χ0n) is 16.8. The van der Waals surface area contributed by atoms with Crippen molar-refractivity contribution >= 4 is 22.6 Å². The second kappa shape index (κ2) is 9.51. The number of nitrogens with zero attached hydrogens (tertiary/aromatic N) is 1. The minimum Gasteiger partial charge on any atom is -0.484 e. The molecule has 0 aromatic heterocycles. The van der Waals surface area contributed by atoms with Crippen molar-refractivity contribution in [2.24, 2.45) is 0 Å². The van der Waals surface area contributed by atoms with Gasteiger partial charge in [-0.3, -0.25) is 9.59 Å². The minimum atomic E-state index is -4.46. The number of nitrogens with one attached hydrogen (secondary N) is 1. The lowest BCUT2D eigenvalue weighted by atomic mass is 10.1. The van der Waals surface area contributed by atoms with Crippen molar-refractivity contribution in [3.05, 3.63) is 77.9 Å². The van der Waals surface area contributed by atoms with Gasteiger partial charge in [-0.25, -0.2) is 0 Å². The maximum atomic E-state index is 12.4. The molecule has 0 atom stereocenters. The second-order valence-electron chi connectivity index (χ2n) is 7.04. The van der Waals surface area contributed by atoms with E-state index in [1.165, 1.54) is 17.0 Å². The molecule has 3 aromatic carbocycles. The summed E-state index contributed by atoms with van der Waals surface area (Å²) < 4.78 is 42.2.